The lowest BCUT2D eigenvalue weighted by Gasteiger charge is -2.13. The third kappa shape index (κ3) is 5.37. The summed E-state index contributed by atoms with van der Waals surface area (Å²) in [6, 6.07) is 11.8. The second-order valence-electron chi connectivity index (χ2n) is 6.42. The van der Waals surface area contributed by atoms with Crippen LogP contribution in [0, 0.1) is 0 Å². The van der Waals surface area contributed by atoms with Crippen LogP contribution in [0.3, 0.4) is 0 Å². The van der Waals surface area contributed by atoms with Crippen LogP contribution in [0.25, 0.3) is 6.08 Å². The molecule has 0 aromatic heterocycles. The van der Waals surface area contributed by atoms with Crippen LogP contribution in [-0.2, 0) is 4.79 Å². The van der Waals surface area contributed by atoms with Crippen LogP contribution in [0.1, 0.15) is 22.8 Å². The van der Waals surface area contributed by atoms with Gasteiger partial charge >= 0.3 is 0 Å². The first-order valence-corrected chi connectivity index (χ1v) is 10.7. The molecule has 0 bridgehead atoms. The van der Waals surface area contributed by atoms with E-state index in [4.69, 9.17) is 21.1 Å². The molecule has 0 aliphatic carbocycles. The van der Waals surface area contributed by atoms with E-state index in [9.17, 15) is 14.4 Å². The second kappa shape index (κ2) is 10.3. The van der Waals surface area contributed by atoms with Gasteiger partial charge in [0.2, 0.25) is 0 Å². The SMILES string of the molecule is C=CCOc1c(Cl)cc(C=C2SC(=O)N(CC(=O)c3ccccc3)C2=O)cc1OCC. The van der Waals surface area contributed by atoms with Crippen molar-refractivity contribution >= 4 is 46.4 Å². The van der Waals surface area contributed by atoms with E-state index in [1.54, 1.807) is 54.6 Å². The first kappa shape index (κ1) is 22.7. The van der Waals surface area contributed by atoms with Crippen molar-refractivity contribution in [2.24, 2.45) is 0 Å². The summed E-state index contributed by atoms with van der Waals surface area (Å²) in [6.45, 7) is 5.77. The molecule has 0 unspecified atom stereocenters. The van der Waals surface area contributed by atoms with Gasteiger partial charge in [0.05, 0.1) is 23.1 Å². The summed E-state index contributed by atoms with van der Waals surface area (Å²) >= 11 is 7.11. The summed E-state index contributed by atoms with van der Waals surface area (Å²) in [4.78, 5) is 38.7. The van der Waals surface area contributed by atoms with Crippen LogP contribution in [0.15, 0.2) is 60.0 Å². The number of ketones is 1. The average molecular weight is 458 g/mol. The van der Waals surface area contributed by atoms with Crippen molar-refractivity contribution in [3.05, 3.63) is 76.2 Å². The molecule has 1 heterocycles. The highest BCUT2D eigenvalue weighted by atomic mass is 35.5. The van der Waals surface area contributed by atoms with Crippen molar-refractivity contribution in [3.63, 3.8) is 0 Å². The van der Waals surface area contributed by atoms with E-state index in [0.29, 0.717) is 34.3 Å². The Morgan fingerprint density at radius 1 is 1.19 bits per heavy atom. The van der Waals surface area contributed by atoms with Gasteiger partial charge in [-0.05, 0) is 42.5 Å². The van der Waals surface area contributed by atoms with Gasteiger partial charge in [0.1, 0.15) is 6.61 Å². The molecule has 3 rings (SSSR count). The van der Waals surface area contributed by atoms with Crippen molar-refractivity contribution in [3.8, 4) is 11.5 Å². The van der Waals surface area contributed by atoms with E-state index >= 15 is 0 Å². The Kier molecular flexibility index (Phi) is 7.55. The maximum Gasteiger partial charge on any atom is 0.293 e. The molecule has 0 saturated carbocycles. The molecule has 0 spiro atoms. The number of ether oxygens (including phenoxy) is 2. The van der Waals surface area contributed by atoms with Crippen molar-refractivity contribution in [2.75, 3.05) is 19.8 Å². The van der Waals surface area contributed by atoms with E-state index in [0.717, 1.165) is 16.7 Å². The Morgan fingerprint density at radius 2 is 1.94 bits per heavy atom. The molecule has 0 radical (unpaired) electrons. The third-order valence-corrected chi connectivity index (χ3v) is 5.43. The Hall–Kier alpha value is -3.03. The zero-order chi connectivity index (χ0) is 22.4. The topological polar surface area (TPSA) is 72.9 Å². The monoisotopic (exact) mass is 457 g/mol. The minimum absolute atomic E-state index is 0.198. The molecular formula is C23H20ClNO5S. The molecule has 8 heteroatoms. The number of carbonyl (C=O) groups excluding carboxylic acids is 3. The molecule has 0 atom stereocenters. The standard InChI is InChI=1S/C23H20ClNO5S/c1-3-10-30-21-17(24)11-15(12-19(21)29-4-2)13-20-22(27)25(23(28)31-20)14-18(26)16-8-6-5-7-9-16/h3,5-9,11-13H,1,4,10,14H2,2H3. The molecule has 2 aromatic carbocycles. The predicted molar refractivity (Wildman–Crippen MR) is 122 cm³/mol. The average Bonchev–Trinajstić information content (AvgIpc) is 3.01. The van der Waals surface area contributed by atoms with Gasteiger partial charge < -0.3 is 9.47 Å². The van der Waals surface area contributed by atoms with Crippen LogP contribution >= 0.6 is 23.4 Å². The van der Waals surface area contributed by atoms with E-state index in [2.05, 4.69) is 6.58 Å². The minimum Gasteiger partial charge on any atom is -0.490 e. The van der Waals surface area contributed by atoms with Crippen molar-refractivity contribution < 1.29 is 23.9 Å². The molecule has 1 aliphatic rings. The number of nitrogens with zero attached hydrogens (tertiary/aromatic N) is 1. The molecule has 0 N–H and O–H groups in total. The molecular weight excluding hydrogens is 438 g/mol. The van der Waals surface area contributed by atoms with Gasteiger partial charge in [-0.25, -0.2) is 0 Å². The number of hydrogen-bond donors (Lipinski definition) is 0. The van der Waals surface area contributed by atoms with Crippen LogP contribution in [0.4, 0.5) is 4.79 Å². The summed E-state index contributed by atoms with van der Waals surface area (Å²) < 4.78 is 11.2. The number of benzene rings is 2. The maximum absolute atomic E-state index is 12.8. The number of amides is 2. The van der Waals surface area contributed by atoms with Gasteiger partial charge in [0.15, 0.2) is 17.3 Å². The Morgan fingerprint density at radius 3 is 2.61 bits per heavy atom. The highest BCUT2D eigenvalue weighted by Crippen LogP contribution is 2.39. The largest absolute Gasteiger partial charge is 0.490 e. The summed E-state index contributed by atoms with van der Waals surface area (Å²) in [5.41, 5.74) is 1.01. The minimum atomic E-state index is -0.527. The Balaban J connectivity index is 1.83. The van der Waals surface area contributed by atoms with Crippen molar-refractivity contribution in [1.29, 1.82) is 0 Å². The van der Waals surface area contributed by atoms with Crippen LogP contribution < -0.4 is 9.47 Å². The summed E-state index contributed by atoms with van der Waals surface area (Å²) in [6.07, 6.45) is 3.14. The van der Waals surface area contributed by atoms with Crippen LogP contribution in [0.5, 0.6) is 11.5 Å². The first-order chi connectivity index (χ1) is 14.9. The number of hydrogen-bond acceptors (Lipinski definition) is 6. The molecule has 1 aliphatic heterocycles. The summed E-state index contributed by atoms with van der Waals surface area (Å²) in [5.74, 6) is -0.0430. The zero-order valence-corrected chi connectivity index (χ0v) is 18.4. The number of imide groups is 1. The fourth-order valence-electron chi connectivity index (χ4n) is 2.86. The predicted octanol–water partition coefficient (Wildman–Crippen LogP) is 5.22. The molecule has 2 aromatic rings. The van der Waals surface area contributed by atoms with E-state index in [-0.39, 0.29) is 23.8 Å². The fraction of sp³-hybridized carbons (Fsp3) is 0.174. The van der Waals surface area contributed by atoms with E-state index < -0.39 is 11.1 Å². The zero-order valence-electron chi connectivity index (χ0n) is 16.8. The quantitative estimate of drug-likeness (QED) is 0.292. The highest BCUT2D eigenvalue weighted by Gasteiger charge is 2.36. The van der Waals surface area contributed by atoms with Gasteiger partial charge in [0, 0.05) is 5.56 Å². The summed E-state index contributed by atoms with van der Waals surface area (Å²) in [7, 11) is 0. The van der Waals surface area contributed by atoms with Gasteiger partial charge in [-0.2, -0.15) is 0 Å². The Labute approximate surface area is 189 Å². The molecule has 6 nitrogen and oxygen atoms in total. The number of thioether (sulfide) groups is 1. The fourth-order valence-corrected chi connectivity index (χ4v) is 3.98. The first-order valence-electron chi connectivity index (χ1n) is 9.48. The molecule has 160 valence electrons. The third-order valence-electron chi connectivity index (χ3n) is 4.25. The number of rotatable bonds is 9. The van der Waals surface area contributed by atoms with Gasteiger partial charge in [-0.1, -0.05) is 54.6 Å². The maximum atomic E-state index is 12.8. The van der Waals surface area contributed by atoms with Crippen molar-refractivity contribution in [1.82, 2.24) is 4.90 Å². The lowest BCUT2D eigenvalue weighted by atomic mass is 10.1. The molecule has 1 fully saturated rings. The van der Waals surface area contributed by atoms with Crippen molar-refractivity contribution in [2.45, 2.75) is 6.92 Å². The van der Waals surface area contributed by atoms with E-state index in [1.165, 1.54) is 0 Å². The van der Waals surface area contributed by atoms with Crippen LogP contribution in [0.2, 0.25) is 5.02 Å². The molecule has 1 saturated heterocycles. The van der Waals surface area contributed by atoms with E-state index in [1.807, 2.05) is 6.92 Å². The lowest BCUT2D eigenvalue weighted by Crippen LogP contribution is -2.33. The smallest absolute Gasteiger partial charge is 0.293 e. The number of halogens is 1. The van der Waals surface area contributed by atoms with Crippen LogP contribution in [-0.4, -0.2) is 41.6 Å². The number of Topliss-reactive ketones (excluding diaryl/α,β-unsaturated/α-hetero) is 1. The molecule has 31 heavy (non-hydrogen) atoms. The second-order valence-corrected chi connectivity index (χ2v) is 7.82. The van der Waals surface area contributed by atoms with Gasteiger partial charge in [-0.3, -0.25) is 19.3 Å². The normalized spacial score (nSPS) is 14.8. The Bertz CT molecular complexity index is 1050. The lowest BCUT2D eigenvalue weighted by molar-refractivity contribution is -0.122. The van der Waals surface area contributed by atoms with Gasteiger partial charge in [-0.15, -0.1) is 0 Å². The highest BCUT2D eigenvalue weighted by molar-refractivity contribution is 8.18. The summed E-state index contributed by atoms with van der Waals surface area (Å²) in [5, 5.41) is -0.194. The number of carbonyl (C=O) groups is 3. The van der Waals surface area contributed by atoms with Gasteiger partial charge in [0.25, 0.3) is 11.1 Å². The molecule has 2 amide bonds.